The van der Waals surface area contributed by atoms with E-state index in [1.165, 1.54) is 36.8 Å². The number of anilines is 1. The van der Waals surface area contributed by atoms with Gasteiger partial charge in [0.25, 0.3) is 5.56 Å². The molecule has 1 aliphatic rings. The molecule has 0 unspecified atom stereocenters. The van der Waals surface area contributed by atoms with Gasteiger partial charge in [0.2, 0.25) is 0 Å². The summed E-state index contributed by atoms with van der Waals surface area (Å²) in [5.74, 6) is 1.59. The van der Waals surface area contributed by atoms with Crippen molar-refractivity contribution < 1.29 is 0 Å². The van der Waals surface area contributed by atoms with Crippen LogP contribution in [0.15, 0.2) is 11.0 Å². The minimum Gasteiger partial charge on any atom is -0.382 e. The van der Waals surface area contributed by atoms with E-state index in [-0.39, 0.29) is 10.6 Å². The van der Waals surface area contributed by atoms with Crippen molar-refractivity contribution in [1.29, 1.82) is 0 Å². The van der Waals surface area contributed by atoms with Crippen molar-refractivity contribution in [2.45, 2.75) is 52.5 Å². The lowest BCUT2D eigenvalue weighted by Crippen LogP contribution is -2.25. The maximum Gasteiger partial charge on any atom is 0.287 e. The largest absolute Gasteiger partial charge is 0.382 e. The molecule has 0 radical (unpaired) electrons. The van der Waals surface area contributed by atoms with E-state index in [1.54, 1.807) is 6.20 Å². The Morgan fingerprint density at radius 2 is 1.95 bits per heavy atom. The average molecular weight is 298 g/mol. The Kier molecular flexibility index (Phi) is 5.46. The Balaban J connectivity index is 1.92. The molecule has 0 amide bonds. The summed E-state index contributed by atoms with van der Waals surface area (Å²) >= 11 is 6.10. The van der Waals surface area contributed by atoms with E-state index in [0.717, 1.165) is 12.5 Å². The van der Waals surface area contributed by atoms with E-state index in [4.69, 9.17) is 11.6 Å². The normalized spacial score (nSPS) is 22.8. The van der Waals surface area contributed by atoms with Crippen LogP contribution < -0.4 is 10.9 Å². The average Bonchev–Trinajstić information content (AvgIpc) is 2.49. The second-order valence-electron chi connectivity index (χ2n) is 5.67. The maximum absolute atomic E-state index is 11.9. The lowest BCUT2D eigenvalue weighted by molar-refractivity contribution is 0.278. The van der Waals surface area contributed by atoms with Crippen LogP contribution >= 0.6 is 11.6 Å². The highest BCUT2D eigenvalue weighted by atomic mass is 35.5. The van der Waals surface area contributed by atoms with Crippen LogP contribution in [0.25, 0.3) is 0 Å². The highest BCUT2D eigenvalue weighted by Crippen LogP contribution is 2.30. The molecule has 0 aromatic carbocycles. The molecule has 20 heavy (non-hydrogen) atoms. The summed E-state index contributed by atoms with van der Waals surface area (Å²) in [6.07, 6.45) is 8.14. The molecule has 0 aliphatic heterocycles. The maximum atomic E-state index is 11.9. The summed E-state index contributed by atoms with van der Waals surface area (Å²) < 4.78 is 1.37. The Bertz CT molecular complexity index is 492. The van der Waals surface area contributed by atoms with Crippen molar-refractivity contribution in [2.24, 2.45) is 11.8 Å². The summed E-state index contributed by atoms with van der Waals surface area (Å²) in [6, 6.07) is 0. The third kappa shape index (κ3) is 3.54. The van der Waals surface area contributed by atoms with E-state index in [1.807, 2.05) is 6.92 Å². The molecule has 2 rings (SSSR count). The van der Waals surface area contributed by atoms with Crippen LogP contribution in [0.1, 0.15) is 46.0 Å². The van der Waals surface area contributed by atoms with Gasteiger partial charge >= 0.3 is 0 Å². The molecule has 0 atom stereocenters. The lowest BCUT2D eigenvalue weighted by Gasteiger charge is -2.28. The molecule has 0 spiro atoms. The quantitative estimate of drug-likeness (QED) is 0.904. The van der Waals surface area contributed by atoms with Crippen molar-refractivity contribution >= 4 is 17.3 Å². The van der Waals surface area contributed by atoms with E-state index in [9.17, 15) is 4.79 Å². The molecule has 1 fully saturated rings. The van der Waals surface area contributed by atoms with Crippen LogP contribution in [-0.2, 0) is 6.54 Å². The van der Waals surface area contributed by atoms with Crippen LogP contribution in [0.4, 0.5) is 5.69 Å². The molecule has 0 bridgehead atoms. The predicted molar refractivity (Wildman–Crippen MR) is 83.4 cm³/mol. The van der Waals surface area contributed by atoms with Gasteiger partial charge in [-0.1, -0.05) is 37.8 Å². The Hall–Kier alpha value is -1.03. The topological polar surface area (TPSA) is 46.9 Å². The number of hydrogen-bond donors (Lipinski definition) is 1. The van der Waals surface area contributed by atoms with E-state index >= 15 is 0 Å². The van der Waals surface area contributed by atoms with Gasteiger partial charge < -0.3 is 5.32 Å². The zero-order valence-corrected chi connectivity index (χ0v) is 13.1. The first-order chi connectivity index (χ1) is 9.65. The standard InChI is InChI=1S/C15H24ClN3O/c1-3-11-5-7-12(8-6-11)9-17-13-10-18-19(4-2)15(20)14(13)16/h10-12,17H,3-9H2,1-2H3. The lowest BCUT2D eigenvalue weighted by atomic mass is 9.81. The minimum absolute atomic E-state index is 0.214. The van der Waals surface area contributed by atoms with E-state index in [0.29, 0.717) is 18.2 Å². The van der Waals surface area contributed by atoms with Gasteiger partial charge in [0.1, 0.15) is 5.02 Å². The summed E-state index contributed by atoms with van der Waals surface area (Å²) in [7, 11) is 0. The van der Waals surface area contributed by atoms with Crippen LogP contribution in [0.5, 0.6) is 0 Å². The molecule has 1 saturated carbocycles. The highest BCUT2D eigenvalue weighted by molar-refractivity contribution is 6.32. The SMILES string of the molecule is CCC1CCC(CNc2cnn(CC)c(=O)c2Cl)CC1. The summed E-state index contributed by atoms with van der Waals surface area (Å²) in [5.41, 5.74) is 0.452. The number of halogens is 1. The molecule has 1 N–H and O–H groups in total. The third-order valence-electron chi connectivity index (χ3n) is 4.41. The van der Waals surface area contributed by atoms with Gasteiger partial charge in [0.15, 0.2) is 0 Å². The monoisotopic (exact) mass is 297 g/mol. The fourth-order valence-electron chi connectivity index (χ4n) is 2.91. The first-order valence-corrected chi connectivity index (χ1v) is 8.03. The fourth-order valence-corrected chi connectivity index (χ4v) is 3.12. The molecule has 1 heterocycles. The summed E-state index contributed by atoms with van der Waals surface area (Å²) in [6.45, 7) is 5.58. The number of aryl methyl sites for hydroxylation is 1. The van der Waals surface area contributed by atoms with Gasteiger partial charge in [-0.25, -0.2) is 4.68 Å². The first kappa shape index (κ1) is 15.4. The molecule has 0 saturated heterocycles. The fraction of sp³-hybridized carbons (Fsp3) is 0.733. The molecular formula is C15H24ClN3O. The summed E-state index contributed by atoms with van der Waals surface area (Å²) in [5, 5.41) is 7.66. The van der Waals surface area contributed by atoms with Gasteiger partial charge in [-0.15, -0.1) is 0 Å². The zero-order valence-electron chi connectivity index (χ0n) is 12.4. The number of nitrogens with one attached hydrogen (secondary N) is 1. The van der Waals surface area contributed by atoms with Crippen molar-refractivity contribution in [2.75, 3.05) is 11.9 Å². The summed E-state index contributed by atoms with van der Waals surface area (Å²) in [4.78, 5) is 11.9. The molecule has 1 aromatic rings. The van der Waals surface area contributed by atoms with Crippen LogP contribution in [0.2, 0.25) is 5.02 Å². The Morgan fingerprint density at radius 1 is 1.30 bits per heavy atom. The van der Waals surface area contributed by atoms with Gasteiger partial charge in [0, 0.05) is 13.1 Å². The van der Waals surface area contributed by atoms with Gasteiger partial charge in [-0.05, 0) is 31.6 Å². The number of hydrogen-bond acceptors (Lipinski definition) is 3. The van der Waals surface area contributed by atoms with Crippen LogP contribution in [0, 0.1) is 11.8 Å². The zero-order chi connectivity index (χ0) is 14.5. The van der Waals surface area contributed by atoms with Gasteiger partial charge in [-0.2, -0.15) is 5.10 Å². The second-order valence-corrected chi connectivity index (χ2v) is 6.05. The molecule has 4 nitrogen and oxygen atoms in total. The molecule has 5 heteroatoms. The first-order valence-electron chi connectivity index (χ1n) is 7.65. The molecule has 112 valence electrons. The van der Waals surface area contributed by atoms with Gasteiger partial charge in [-0.3, -0.25) is 4.79 Å². The smallest absolute Gasteiger partial charge is 0.287 e. The molecular weight excluding hydrogens is 274 g/mol. The van der Waals surface area contributed by atoms with Crippen LogP contribution in [0.3, 0.4) is 0 Å². The predicted octanol–water partition coefficient (Wildman–Crippen LogP) is 3.54. The molecule has 1 aliphatic carbocycles. The van der Waals surface area contributed by atoms with E-state index < -0.39 is 0 Å². The third-order valence-corrected chi connectivity index (χ3v) is 4.77. The Labute approximate surface area is 125 Å². The highest BCUT2D eigenvalue weighted by Gasteiger charge is 2.20. The molecule has 1 aromatic heterocycles. The van der Waals surface area contributed by atoms with Gasteiger partial charge in [0.05, 0.1) is 11.9 Å². The van der Waals surface area contributed by atoms with Crippen molar-refractivity contribution in [3.8, 4) is 0 Å². The number of aromatic nitrogens is 2. The van der Waals surface area contributed by atoms with Crippen molar-refractivity contribution in [3.63, 3.8) is 0 Å². The number of nitrogens with zero attached hydrogens (tertiary/aromatic N) is 2. The second kappa shape index (κ2) is 7.11. The van der Waals surface area contributed by atoms with Crippen molar-refractivity contribution in [1.82, 2.24) is 9.78 Å². The number of rotatable bonds is 5. The van der Waals surface area contributed by atoms with Crippen molar-refractivity contribution in [3.05, 3.63) is 21.6 Å². The Morgan fingerprint density at radius 3 is 2.55 bits per heavy atom. The van der Waals surface area contributed by atoms with Crippen LogP contribution in [-0.4, -0.2) is 16.3 Å². The van der Waals surface area contributed by atoms with E-state index in [2.05, 4.69) is 17.3 Å². The minimum atomic E-state index is -0.214.